The van der Waals surface area contributed by atoms with Gasteiger partial charge in [-0.1, -0.05) is 20.8 Å². The van der Waals surface area contributed by atoms with Gasteiger partial charge in [0.2, 0.25) is 5.91 Å². The number of fused-ring (bicyclic) bond motifs is 1. The minimum Gasteiger partial charge on any atom is -0.426 e. The van der Waals surface area contributed by atoms with Crippen LogP contribution in [-0.4, -0.2) is 11.8 Å². The standard InChI is InChI=1S/C15H19NO4/c1-15(2,3)6-4-5-9-7-12(18)20-10-8-11(17)16-14(19)13(9)10/h7H,4-6,8H2,1-3H3,(H,16,17,19). The van der Waals surface area contributed by atoms with Gasteiger partial charge in [0.25, 0.3) is 5.91 Å². The van der Waals surface area contributed by atoms with E-state index in [9.17, 15) is 14.4 Å². The molecule has 0 radical (unpaired) electrons. The number of hydrogen-bond donors (Lipinski definition) is 1. The smallest absolute Gasteiger partial charge is 0.336 e. The maximum atomic E-state index is 11.9. The van der Waals surface area contributed by atoms with E-state index in [0.717, 1.165) is 12.8 Å². The molecule has 0 saturated carbocycles. The molecule has 1 N–H and O–H groups in total. The number of nitrogens with one attached hydrogen (secondary N) is 1. The highest BCUT2D eigenvalue weighted by Gasteiger charge is 2.28. The lowest BCUT2D eigenvalue weighted by Crippen LogP contribution is -2.38. The zero-order chi connectivity index (χ0) is 14.9. The first-order valence-electron chi connectivity index (χ1n) is 6.76. The van der Waals surface area contributed by atoms with Crippen LogP contribution in [0.2, 0.25) is 0 Å². The van der Waals surface area contributed by atoms with E-state index in [1.54, 1.807) is 0 Å². The van der Waals surface area contributed by atoms with E-state index in [-0.39, 0.29) is 17.6 Å². The largest absolute Gasteiger partial charge is 0.426 e. The van der Waals surface area contributed by atoms with Crippen LogP contribution in [0.15, 0.2) is 15.3 Å². The SMILES string of the molecule is CC(C)(C)CCCc1cc(=O)oc2c1C(=O)NC(=O)C2. The minimum atomic E-state index is -0.503. The molecule has 108 valence electrons. The predicted molar refractivity (Wildman–Crippen MR) is 73.5 cm³/mol. The van der Waals surface area contributed by atoms with Gasteiger partial charge in [-0.3, -0.25) is 14.9 Å². The van der Waals surface area contributed by atoms with E-state index in [2.05, 4.69) is 26.1 Å². The third-order valence-electron chi connectivity index (χ3n) is 3.29. The summed E-state index contributed by atoms with van der Waals surface area (Å²) in [6.45, 7) is 6.44. The molecule has 0 fully saturated rings. The highest BCUT2D eigenvalue weighted by atomic mass is 16.4. The third-order valence-corrected chi connectivity index (χ3v) is 3.29. The lowest BCUT2D eigenvalue weighted by atomic mass is 9.88. The molecule has 0 aliphatic carbocycles. The van der Waals surface area contributed by atoms with Gasteiger partial charge >= 0.3 is 5.63 Å². The van der Waals surface area contributed by atoms with E-state index in [4.69, 9.17) is 4.42 Å². The third kappa shape index (κ3) is 3.35. The Kier molecular flexibility index (Phi) is 3.79. The number of hydrogen-bond acceptors (Lipinski definition) is 4. The molecule has 5 heteroatoms. The quantitative estimate of drug-likeness (QED) is 0.855. The zero-order valence-corrected chi connectivity index (χ0v) is 12.0. The molecule has 0 spiro atoms. The van der Waals surface area contributed by atoms with Gasteiger partial charge < -0.3 is 4.42 Å². The van der Waals surface area contributed by atoms with Crippen LogP contribution in [0.3, 0.4) is 0 Å². The number of rotatable bonds is 3. The molecule has 20 heavy (non-hydrogen) atoms. The first-order valence-corrected chi connectivity index (χ1v) is 6.76. The van der Waals surface area contributed by atoms with Crippen LogP contribution < -0.4 is 10.9 Å². The maximum Gasteiger partial charge on any atom is 0.336 e. The van der Waals surface area contributed by atoms with Crippen molar-refractivity contribution >= 4 is 11.8 Å². The number of imide groups is 1. The van der Waals surface area contributed by atoms with E-state index in [0.29, 0.717) is 17.5 Å². The van der Waals surface area contributed by atoms with Gasteiger partial charge in [0, 0.05) is 6.07 Å². The fourth-order valence-corrected chi connectivity index (χ4v) is 2.38. The van der Waals surface area contributed by atoms with Crippen molar-refractivity contribution in [2.75, 3.05) is 0 Å². The van der Waals surface area contributed by atoms with Crippen LogP contribution in [0.25, 0.3) is 0 Å². The molecule has 1 aliphatic rings. The fourth-order valence-electron chi connectivity index (χ4n) is 2.38. The van der Waals surface area contributed by atoms with E-state index < -0.39 is 17.4 Å². The van der Waals surface area contributed by atoms with Crippen molar-refractivity contribution in [1.29, 1.82) is 0 Å². The summed E-state index contributed by atoms with van der Waals surface area (Å²) in [7, 11) is 0. The molecule has 1 aromatic heterocycles. The summed E-state index contributed by atoms with van der Waals surface area (Å²) in [4.78, 5) is 34.7. The average molecular weight is 277 g/mol. The predicted octanol–water partition coefficient (Wildman–Crippen LogP) is 1.82. The second-order valence-corrected chi connectivity index (χ2v) is 6.36. The van der Waals surface area contributed by atoms with E-state index in [1.165, 1.54) is 6.07 Å². The van der Waals surface area contributed by atoms with E-state index >= 15 is 0 Å². The minimum absolute atomic E-state index is 0.0522. The molecule has 2 amide bonds. The lowest BCUT2D eigenvalue weighted by Gasteiger charge is -2.19. The summed E-state index contributed by atoms with van der Waals surface area (Å²) in [5, 5.41) is 2.26. The van der Waals surface area contributed by atoms with Crippen molar-refractivity contribution in [3.05, 3.63) is 33.4 Å². The Labute approximate surface area is 117 Å². The lowest BCUT2D eigenvalue weighted by molar-refractivity contribution is -0.120. The van der Waals surface area contributed by atoms with Gasteiger partial charge in [0.1, 0.15) is 5.76 Å². The molecule has 0 bridgehead atoms. The van der Waals surface area contributed by atoms with Crippen molar-refractivity contribution in [2.45, 2.75) is 46.5 Å². The molecule has 0 saturated heterocycles. The summed E-state index contributed by atoms with van der Waals surface area (Å²) in [6, 6.07) is 1.36. The van der Waals surface area contributed by atoms with Gasteiger partial charge in [-0.25, -0.2) is 4.79 Å². The molecular weight excluding hydrogens is 258 g/mol. The van der Waals surface area contributed by atoms with Crippen LogP contribution in [-0.2, 0) is 17.6 Å². The molecule has 0 atom stereocenters. The molecule has 0 unspecified atom stereocenters. The van der Waals surface area contributed by atoms with Gasteiger partial charge in [0.15, 0.2) is 0 Å². The van der Waals surface area contributed by atoms with Crippen molar-refractivity contribution in [3.8, 4) is 0 Å². The molecule has 1 aliphatic heterocycles. The molecule has 5 nitrogen and oxygen atoms in total. The highest BCUT2D eigenvalue weighted by molar-refractivity contribution is 6.09. The second kappa shape index (κ2) is 5.23. The van der Waals surface area contributed by atoms with Gasteiger partial charge in [-0.2, -0.15) is 0 Å². The molecular formula is C15H19NO4. The fraction of sp³-hybridized carbons (Fsp3) is 0.533. The Morgan fingerprint density at radius 3 is 2.60 bits per heavy atom. The van der Waals surface area contributed by atoms with Crippen molar-refractivity contribution in [1.82, 2.24) is 5.32 Å². The summed E-state index contributed by atoms with van der Waals surface area (Å²) >= 11 is 0. The van der Waals surface area contributed by atoms with Crippen LogP contribution >= 0.6 is 0 Å². The number of aryl methyl sites for hydroxylation is 1. The first-order chi connectivity index (χ1) is 9.26. The maximum absolute atomic E-state index is 11.9. The van der Waals surface area contributed by atoms with Gasteiger partial charge in [0.05, 0.1) is 12.0 Å². The second-order valence-electron chi connectivity index (χ2n) is 6.36. The summed E-state index contributed by atoms with van der Waals surface area (Å²) in [6.07, 6.45) is 2.44. The van der Waals surface area contributed by atoms with Crippen LogP contribution in [0.4, 0.5) is 0 Å². The average Bonchev–Trinajstić information content (AvgIpc) is 2.24. The van der Waals surface area contributed by atoms with Crippen molar-refractivity contribution < 1.29 is 14.0 Å². The normalized spacial score (nSPS) is 14.9. The summed E-state index contributed by atoms with van der Waals surface area (Å²) in [5.74, 6) is -0.708. The molecule has 2 heterocycles. The van der Waals surface area contributed by atoms with Gasteiger partial charge in [-0.15, -0.1) is 0 Å². The zero-order valence-electron chi connectivity index (χ0n) is 12.0. The number of amides is 2. The summed E-state index contributed by atoms with van der Waals surface area (Å²) in [5.41, 5.74) is 0.734. The topological polar surface area (TPSA) is 76.4 Å². The molecule has 1 aromatic rings. The monoisotopic (exact) mass is 277 g/mol. The van der Waals surface area contributed by atoms with Crippen molar-refractivity contribution in [2.24, 2.45) is 5.41 Å². The Morgan fingerprint density at radius 1 is 1.25 bits per heavy atom. The Morgan fingerprint density at radius 2 is 1.95 bits per heavy atom. The number of carbonyl (C=O) groups is 2. The summed E-state index contributed by atoms with van der Waals surface area (Å²) < 4.78 is 4.99. The Balaban J connectivity index is 2.27. The Bertz CT molecular complexity index is 607. The number of carbonyl (C=O) groups excluding carboxylic acids is 2. The van der Waals surface area contributed by atoms with Crippen LogP contribution in [0.5, 0.6) is 0 Å². The first kappa shape index (κ1) is 14.5. The van der Waals surface area contributed by atoms with Crippen LogP contribution in [0, 0.1) is 5.41 Å². The van der Waals surface area contributed by atoms with Crippen molar-refractivity contribution in [3.63, 3.8) is 0 Å². The van der Waals surface area contributed by atoms with E-state index in [1.807, 2.05) is 0 Å². The molecule has 0 aromatic carbocycles. The highest BCUT2D eigenvalue weighted by Crippen LogP contribution is 2.24. The van der Waals surface area contributed by atoms with Gasteiger partial charge in [-0.05, 0) is 30.2 Å². The van der Waals surface area contributed by atoms with Crippen LogP contribution in [0.1, 0.15) is 55.3 Å². The molecule has 2 rings (SSSR count). The Hall–Kier alpha value is -1.91.